The third-order valence-corrected chi connectivity index (χ3v) is 5.25. The summed E-state index contributed by atoms with van der Waals surface area (Å²) in [5.41, 5.74) is 2.76. The predicted octanol–water partition coefficient (Wildman–Crippen LogP) is 3.00. The molecular weight excluding hydrogens is 343 g/mol. The van der Waals surface area contributed by atoms with E-state index in [1.807, 2.05) is 32.0 Å². The number of halogens is 1. The number of hydrogen-bond donors (Lipinski definition) is 2. The molecule has 0 aliphatic heterocycles. The lowest BCUT2D eigenvalue weighted by atomic mass is 10.1. The number of aryl methyl sites for hydroxylation is 2. The molecule has 2 N–H and O–H groups in total. The summed E-state index contributed by atoms with van der Waals surface area (Å²) in [5.74, 6) is -0.783. The van der Waals surface area contributed by atoms with Crippen LogP contribution in [-0.2, 0) is 21.2 Å². The van der Waals surface area contributed by atoms with Gasteiger partial charge in [-0.2, -0.15) is 0 Å². The average Bonchev–Trinajstić information content (AvgIpc) is 2.57. The summed E-state index contributed by atoms with van der Waals surface area (Å²) in [6.07, 6.45) is 0.784. The Morgan fingerprint density at radius 3 is 2.44 bits per heavy atom. The van der Waals surface area contributed by atoms with E-state index in [9.17, 15) is 17.6 Å². The first-order chi connectivity index (χ1) is 11.8. The van der Waals surface area contributed by atoms with Gasteiger partial charge in [0.15, 0.2) is 0 Å². The third-order valence-electron chi connectivity index (χ3n) is 3.77. The van der Waals surface area contributed by atoms with Crippen LogP contribution in [0.5, 0.6) is 0 Å². The van der Waals surface area contributed by atoms with E-state index in [1.165, 1.54) is 12.1 Å². The number of rotatable bonds is 7. The highest BCUT2D eigenvalue weighted by atomic mass is 32.2. The number of nitrogens with one attached hydrogen (secondary N) is 2. The summed E-state index contributed by atoms with van der Waals surface area (Å²) in [4.78, 5) is 12.1. The van der Waals surface area contributed by atoms with Gasteiger partial charge < -0.3 is 5.32 Å². The SMILES string of the molecule is CCc1cccc(C)c1NC(=O)CCNS(=O)(=O)c1ccc(F)cc1. The molecule has 0 spiro atoms. The first-order valence-corrected chi connectivity index (χ1v) is 9.45. The molecule has 0 unspecified atom stereocenters. The van der Waals surface area contributed by atoms with E-state index >= 15 is 0 Å². The molecule has 0 heterocycles. The van der Waals surface area contributed by atoms with Gasteiger partial charge in [0.1, 0.15) is 5.82 Å². The largest absolute Gasteiger partial charge is 0.326 e. The number of hydrogen-bond acceptors (Lipinski definition) is 3. The van der Waals surface area contributed by atoms with Gasteiger partial charge in [0.25, 0.3) is 0 Å². The lowest BCUT2D eigenvalue weighted by Crippen LogP contribution is -2.28. The summed E-state index contributed by atoms with van der Waals surface area (Å²) >= 11 is 0. The summed E-state index contributed by atoms with van der Waals surface area (Å²) in [7, 11) is -3.76. The molecule has 2 aromatic carbocycles. The van der Waals surface area contributed by atoms with Crippen LogP contribution in [0.1, 0.15) is 24.5 Å². The van der Waals surface area contributed by atoms with Crippen LogP contribution < -0.4 is 10.0 Å². The van der Waals surface area contributed by atoms with Crippen LogP contribution in [0, 0.1) is 12.7 Å². The van der Waals surface area contributed by atoms with Crippen LogP contribution in [-0.4, -0.2) is 20.9 Å². The van der Waals surface area contributed by atoms with Gasteiger partial charge >= 0.3 is 0 Å². The minimum Gasteiger partial charge on any atom is -0.326 e. The maximum Gasteiger partial charge on any atom is 0.240 e. The Morgan fingerprint density at radius 1 is 1.12 bits per heavy atom. The second-order valence-corrected chi connectivity index (χ2v) is 7.38. The van der Waals surface area contributed by atoms with Gasteiger partial charge in [0, 0.05) is 18.7 Å². The van der Waals surface area contributed by atoms with Crippen LogP contribution in [0.15, 0.2) is 47.4 Å². The smallest absolute Gasteiger partial charge is 0.240 e. The predicted molar refractivity (Wildman–Crippen MR) is 95.4 cm³/mol. The Bertz CT molecular complexity index is 849. The lowest BCUT2D eigenvalue weighted by Gasteiger charge is -2.13. The number of anilines is 1. The van der Waals surface area contributed by atoms with Crippen LogP contribution in [0.4, 0.5) is 10.1 Å². The van der Waals surface area contributed by atoms with Gasteiger partial charge in [0.05, 0.1) is 4.90 Å². The maximum absolute atomic E-state index is 12.9. The fraction of sp³-hybridized carbons (Fsp3) is 0.278. The molecule has 0 atom stereocenters. The summed E-state index contributed by atoms with van der Waals surface area (Å²) in [6.45, 7) is 3.87. The highest BCUT2D eigenvalue weighted by molar-refractivity contribution is 7.89. The standard InChI is InChI=1S/C18H21FN2O3S/c1-3-14-6-4-5-13(2)18(14)21-17(22)11-12-20-25(23,24)16-9-7-15(19)8-10-16/h4-10,20H,3,11-12H2,1-2H3,(H,21,22). The first-order valence-electron chi connectivity index (χ1n) is 7.97. The van der Waals surface area contributed by atoms with Crippen molar-refractivity contribution in [2.45, 2.75) is 31.6 Å². The molecule has 0 aromatic heterocycles. The Balaban J connectivity index is 1.94. The number of amides is 1. The molecular formula is C18H21FN2O3S. The van der Waals surface area contributed by atoms with Crippen LogP contribution in [0.3, 0.4) is 0 Å². The van der Waals surface area contributed by atoms with Crippen LogP contribution in [0.25, 0.3) is 0 Å². The van der Waals surface area contributed by atoms with Crippen molar-refractivity contribution >= 4 is 21.6 Å². The topological polar surface area (TPSA) is 75.3 Å². The second kappa shape index (κ2) is 8.22. The maximum atomic E-state index is 12.9. The quantitative estimate of drug-likeness (QED) is 0.793. The van der Waals surface area contributed by atoms with Crippen molar-refractivity contribution in [1.82, 2.24) is 4.72 Å². The van der Waals surface area contributed by atoms with Gasteiger partial charge in [-0.25, -0.2) is 17.5 Å². The molecule has 2 rings (SSSR count). The fourth-order valence-electron chi connectivity index (χ4n) is 2.40. The van der Waals surface area contributed by atoms with E-state index in [-0.39, 0.29) is 23.8 Å². The number of carbonyl (C=O) groups is 1. The van der Waals surface area contributed by atoms with E-state index in [0.717, 1.165) is 35.4 Å². The highest BCUT2D eigenvalue weighted by Gasteiger charge is 2.15. The molecule has 1 amide bonds. The zero-order valence-corrected chi connectivity index (χ0v) is 15.0. The Morgan fingerprint density at radius 2 is 1.80 bits per heavy atom. The van der Waals surface area contributed by atoms with Crippen molar-refractivity contribution in [1.29, 1.82) is 0 Å². The van der Waals surface area contributed by atoms with Crippen molar-refractivity contribution in [3.8, 4) is 0 Å². The molecule has 5 nitrogen and oxygen atoms in total. The summed E-state index contributed by atoms with van der Waals surface area (Å²) in [5, 5.41) is 2.84. The molecule has 0 saturated heterocycles. The first kappa shape index (κ1) is 19.1. The molecule has 0 aliphatic rings. The number of carbonyl (C=O) groups excluding carboxylic acids is 1. The minimum absolute atomic E-state index is 0.00207. The molecule has 0 saturated carbocycles. The molecule has 134 valence electrons. The normalized spacial score (nSPS) is 11.3. The molecule has 0 radical (unpaired) electrons. The second-order valence-electron chi connectivity index (χ2n) is 5.61. The van der Waals surface area contributed by atoms with Crippen molar-refractivity contribution < 1.29 is 17.6 Å². The van der Waals surface area contributed by atoms with Gasteiger partial charge in [-0.1, -0.05) is 25.1 Å². The fourth-order valence-corrected chi connectivity index (χ4v) is 3.43. The van der Waals surface area contributed by atoms with E-state index in [2.05, 4.69) is 10.0 Å². The summed E-state index contributed by atoms with van der Waals surface area (Å²) in [6, 6.07) is 10.3. The number of sulfonamides is 1. The Hall–Kier alpha value is -2.25. The van der Waals surface area contributed by atoms with Crippen molar-refractivity contribution in [3.05, 3.63) is 59.4 Å². The molecule has 0 aliphatic carbocycles. The molecule has 2 aromatic rings. The van der Waals surface area contributed by atoms with Gasteiger partial charge in [-0.05, 0) is 48.7 Å². The Kier molecular flexibility index (Phi) is 6.27. The van der Waals surface area contributed by atoms with Crippen molar-refractivity contribution in [2.24, 2.45) is 0 Å². The molecule has 25 heavy (non-hydrogen) atoms. The van der Waals surface area contributed by atoms with Crippen LogP contribution in [0.2, 0.25) is 0 Å². The molecule has 0 bridgehead atoms. The van der Waals surface area contributed by atoms with E-state index < -0.39 is 15.8 Å². The third kappa shape index (κ3) is 5.11. The van der Waals surface area contributed by atoms with Crippen molar-refractivity contribution in [2.75, 3.05) is 11.9 Å². The average molecular weight is 364 g/mol. The summed E-state index contributed by atoms with van der Waals surface area (Å²) < 4.78 is 39.4. The molecule has 7 heteroatoms. The number of para-hydroxylation sites is 1. The lowest BCUT2D eigenvalue weighted by molar-refractivity contribution is -0.116. The van der Waals surface area contributed by atoms with Gasteiger partial charge in [-0.15, -0.1) is 0 Å². The van der Waals surface area contributed by atoms with Gasteiger partial charge in [-0.3, -0.25) is 4.79 Å². The number of benzene rings is 2. The zero-order chi connectivity index (χ0) is 18.4. The zero-order valence-electron chi connectivity index (χ0n) is 14.2. The minimum atomic E-state index is -3.76. The van der Waals surface area contributed by atoms with Crippen molar-refractivity contribution in [3.63, 3.8) is 0 Å². The van der Waals surface area contributed by atoms with E-state index in [0.29, 0.717) is 0 Å². The monoisotopic (exact) mass is 364 g/mol. The highest BCUT2D eigenvalue weighted by Crippen LogP contribution is 2.21. The van der Waals surface area contributed by atoms with E-state index in [1.54, 1.807) is 0 Å². The van der Waals surface area contributed by atoms with Gasteiger partial charge in [0.2, 0.25) is 15.9 Å². The Labute approximate surface area is 147 Å². The van der Waals surface area contributed by atoms with Crippen LogP contribution >= 0.6 is 0 Å². The van der Waals surface area contributed by atoms with E-state index in [4.69, 9.17) is 0 Å². The molecule has 0 fully saturated rings.